The minimum absolute atomic E-state index is 0.526. The van der Waals surface area contributed by atoms with Crippen LogP contribution in [0.25, 0.3) is 5.65 Å². The molecular weight excluding hydrogens is 328 g/mol. The van der Waals surface area contributed by atoms with Crippen LogP contribution in [0.4, 0.5) is 5.82 Å². The third-order valence-corrected chi connectivity index (χ3v) is 5.79. The van der Waals surface area contributed by atoms with Crippen LogP contribution in [-0.2, 0) is 7.05 Å². The number of nitrogens with zero attached hydrogens (tertiary/aromatic N) is 7. The number of rotatable bonds is 4. The topological polar surface area (TPSA) is 76.2 Å². The molecule has 2 fully saturated rings. The average Bonchev–Trinajstić information content (AvgIpc) is 3.41. The highest BCUT2D eigenvalue weighted by molar-refractivity contribution is 5.45. The van der Waals surface area contributed by atoms with Gasteiger partial charge in [0.1, 0.15) is 18.0 Å². The van der Waals surface area contributed by atoms with Crippen molar-refractivity contribution in [2.24, 2.45) is 7.05 Å². The highest BCUT2D eigenvalue weighted by atomic mass is 15.4. The van der Waals surface area contributed by atoms with Crippen molar-refractivity contribution in [1.82, 2.24) is 34.7 Å². The first-order chi connectivity index (χ1) is 12.8. The maximum Gasteiger partial charge on any atom is 0.177 e. The Morgan fingerprint density at radius 3 is 3.00 bits per heavy atom. The molecule has 136 valence electrons. The molecule has 3 unspecified atom stereocenters. The minimum atomic E-state index is 0.526. The maximum atomic E-state index is 4.62. The molecule has 8 heteroatoms. The van der Waals surface area contributed by atoms with Gasteiger partial charge in [0, 0.05) is 50.5 Å². The molecule has 3 aromatic heterocycles. The molecule has 0 radical (unpaired) electrons. The lowest BCUT2D eigenvalue weighted by molar-refractivity contribution is 0.445. The predicted octanol–water partition coefficient (Wildman–Crippen LogP) is 1.36. The zero-order valence-electron chi connectivity index (χ0n) is 15.0. The van der Waals surface area contributed by atoms with Gasteiger partial charge in [-0.15, -0.1) is 15.3 Å². The average molecular weight is 352 g/mol. The highest BCUT2D eigenvalue weighted by Gasteiger charge is 2.32. The number of aromatic nitrogens is 6. The summed E-state index contributed by atoms with van der Waals surface area (Å²) in [5.74, 6) is 2.82. The molecule has 5 rings (SSSR count). The summed E-state index contributed by atoms with van der Waals surface area (Å²) in [7, 11) is 2.09. The van der Waals surface area contributed by atoms with Crippen molar-refractivity contribution in [3.63, 3.8) is 0 Å². The Bertz CT molecular complexity index is 899. The fraction of sp³-hybridized carbons (Fsp3) is 0.556. The van der Waals surface area contributed by atoms with Gasteiger partial charge in [0.2, 0.25) is 0 Å². The molecule has 2 aliphatic rings. The smallest absolute Gasteiger partial charge is 0.177 e. The third-order valence-electron chi connectivity index (χ3n) is 5.79. The fourth-order valence-corrected chi connectivity index (χ4v) is 4.46. The number of hydrogen-bond donors (Lipinski definition) is 1. The zero-order valence-corrected chi connectivity index (χ0v) is 15.0. The number of hydrogen-bond acceptors (Lipinski definition) is 6. The van der Waals surface area contributed by atoms with Crippen LogP contribution in [0.15, 0.2) is 30.9 Å². The first-order valence-electron chi connectivity index (χ1n) is 9.41. The third kappa shape index (κ3) is 2.84. The SMILES string of the molecule is Cn1ccnc1C1CCC(NC2CCN(c3ccc4nncn4n3)C2)C1. The largest absolute Gasteiger partial charge is 0.354 e. The number of nitrogens with one attached hydrogen (secondary N) is 1. The van der Waals surface area contributed by atoms with Crippen LogP contribution in [0.3, 0.4) is 0 Å². The summed E-state index contributed by atoms with van der Waals surface area (Å²) in [6.45, 7) is 2.04. The molecule has 0 bridgehead atoms. The van der Waals surface area contributed by atoms with Gasteiger partial charge in [-0.05, 0) is 37.8 Å². The van der Waals surface area contributed by atoms with Gasteiger partial charge in [-0.25, -0.2) is 4.98 Å². The molecule has 1 aliphatic heterocycles. The molecule has 0 amide bonds. The van der Waals surface area contributed by atoms with E-state index in [0.29, 0.717) is 18.0 Å². The molecule has 3 aromatic rings. The molecule has 1 aliphatic carbocycles. The van der Waals surface area contributed by atoms with E-state index in [1.165, 1.54) is 25.1 Å². The molecule has 1 saturated carbocycles. The van der Waals surface area contributed by atoms with E-state index in [9.17, 15) is 0 Å². The maximum absolute atomic E-state index is 4.62. The standard InChI is InChI=1S/C18H24N8/c1-24-9-7-19-18(24)13-2-3-14(10-13)21-15-6-8-25(11-15)17-5-4-16-22-20-12-26(16)23-17/h4-5,7,9,12-15,21H,2-3,6,8,10-11H2,1H3. The van der Waals surface area contributed by atoms with Gasteiger partial charge in [0.15, 0.2) is 5.65 Å². The van der Waals surface area contributed by atoms with E-state index in [1.54, 1.807) is 10.8 Å². The molecule has 1 saturated heterocycles. The monoisotopic (exact) mass is 352 g/mol. The van der Waals surface area contributed by atoms with Gasteiger partial charge in [-0.3, -0.25) is 0 Å². The van der Waals surface area contributed by atoms with Crippen molar-refractivity contribution >= 4 is 11.5 Å². The van der Waals surface area contributed by atoms with E-state index in [-0.39, 0.29) is 0 Å². The molecule has 8 nitrogen and oxygen atoms in total. The summed E-state index contributed by atoms with van der Waals surface area (Å²) in [5, 5.41) is 16.4. The summed E-state index contributed by atoms with van der Waals surface area (Å²) in [4.78, 5) is 6.89. The van der Waals surface area contributed by atoms with E-state index >= 15 is 0 Å². The lowest BCUT2D eigenvalue weighted by Gasteiger charge is -2.21. The minimum Gasteiger partial charge on any atom is -0.354 e. The fourth-order valence-electron chi connectivity index (χ4n) is 4.46. The van der Waals surface area contributed by atoms with Crippen molar-refractivity contribution in [2.75, 3.05) is 18.0 Å². The Labute approximate surface area is 152 Å². The Morgan fingerprint density at radius 1 is 1.15 bits per heavy atom. The molecule has 1 N–H and O–H groups in total. The second-order valence-electron chi connectivity index (χ2n) is 7.53. The molecule has 0 spiro atoms. The summed E-state index contributed by atoms with van der Waals surface area (Å²) < 4.78 is 3.90. The molecule has 4 heterocycles. The van der Waals surface area contributed by atoms with Gasteiger partial charge in [-0.2, -0.15) is 4.52 Å². The van der Waals surface area contributed by atoms with Crippen LogP contribution < -0.4 is 10.2 Å². The lowest BCUT2D eigenvalue weighted by Crippen LogP contribution is -2.39. The van der Waals surface area contributed by atoms with Crippen LogP contribution in [0.1, 0.15) is 37.4 Å². The van der Waals surface area contributed by atoms with Gasteiger partial charge >= 0.3 is 0 Å². The second kappa shape index (κ2) is 6.35. The summed E-state index contributed by atoms with van der Waals surface area (Å²) in [5.41, 5.74) is 0.786. The van der Waals surface area contributed by atoms with Crippen LogP contribution in [-0.4, -0.2) is 54.5 Å². The first-order valence-corrected chi connectivity index (χ1v) is 9.41. The van der Waals surface area contributed by atoms with Gasteiger partial charge in [0.05, 0.1) is 0 Å². The van der Waals surface area contributed by atoms with Gasteiger partial charge in [-0.1, -0.05) is 0 Å². The normalized spacial score (nSPS) is 26.2. The van der Waals surface area contributed by atoms with Crippen LogP contribution in [0.2, 0.25) is 0 Å². The number of fused-ring (bicyclic) bond motifs is 1. The predicted molar refractivity (Wildman–Crippen MR) is 98.1 cm³/mol. The van der Waals surface area contributed by atoms with Crippen LogP contribution in [0.5, 0.6) is 0 Å². The lowest BCUT2D eigenvalue weighted by atomic mass is 10.1. The van der Waals surface area contributed by atoms with Crippen LogP contribution >= 0.6 is 0 Å². The van der Waals surface area contributed by atoms with Crippen molar-refractivity contribution in [3.05, 3.63) is 36.7 Å². The number of aryl methyl sites for hydroxylation is 1. The Balaban J connectivity index is 1.20. The van der Waals surface area contributed by atoms with Crippen molar-refractivity contribution in [1.29, 1.82) is 0 Å². The van der Waals surface area contributed by atoms with E-state index in [0.717, 1.165) is 31.0 Å². The summed E-state index contributed by atoms with van der Waals surface area (Å²) in [6, 6.07) is 5.14. The molecule has 3 atom stereocenters. The number of imidazole rings is 1. The molecule has 26 heavy (non-hydrogen) atoms. The molecular formula is C18H24N8. The highest BCUT2D eigenvalue weighted by Crippen LogP contribution is 2.34. The van der Waals surface area contributed by atoms with Gasteiger partial charge in [0.25, 0.3) is 0 Å². The van der Waals surface area contributed by atoms with Crippen LogP contribution in [0, 0.1) is 0 Å². The van der Waals surface area contributed by atoms with Crippen molar-refractivity contribution in [2.45, 2.75) is 43.7 Å². The van der Waals surface area contributed by atoms with Gasteiger partial charge < -0.3 is 14.8 Å². The van der Waals surface area contributed by atoms with E-state index in [2.05, 4.69) is 42.1 Å². The molecule has 0 aromatic carbocycles. The quantitative estimate of drug-likeness (QED) is 0.764. The summed E-state index contributed by atoms with van der Waals surface area (Å²) >= 11 is 0. The zero-order chi connectivity index (χ0) is 17.5. The summed E-state index contributed by atoms with van der Waals surface area (Å²) in [6.07, 6.45) is 10.4. The number of anilines is 1. The first kappa shape index (κ1) is 15.7. The second-order valence-corrected chi connectivity index (χ2v) is 7.53. The Kier molecular flexibility index (Phi) is 3.85. The Morgan fingerprint density at radius 2 is 2.12 bits per heavy atom. The van der Waals surface area contributed by atoms with Crippen molar-refractivity contribution < 1.29 is 0 Å². The Hall–Kier alpha value is -2.48. The van der Waals surface area contributed by atoms with E-state index < -0.39 is 0 Å². The van der Waals surface area contributed by atoms with Crippen molar-refractivity contribution in [3.8, 4) is 0 Å². The van der Waals surface area contributed by atoms with E-state index in [4.69, 9.17) is 0 Å². The van der Waals surface area contributed by atoms with E-state index in [1.807, 2.05) is 24.5 Å².